The SMILES string of the molecule is Cl.O=C(CCN1CC[C@@H]2CC[C@@H](C2)C1)c1ccc(O)cc1. The van der Waals surface area contributed by atoms with Gasteiger partial charge in [0.05, 0.1) is 0 Å². The van der Waals surface area contributed by atoms with Gasteiger partial charge in [0.2, 0.25) is 0 Å². The van der Waals surface area contributed by atoms with E-state index >= 15 is 0 Å². The maximum absolute atomic E-state index is 12.1. The Bertz CT molecular complexity index is 474. The van der Waals surface area contributed by atoms with Crippen LogP contribution in [-0.2, 0) is 0 Å². The van der Waals surface area contributed by atoms with Crippen LogP contribution in [0, 0.1) is 11.8 Å². The number of carbonyl (C=O) groups is 1. The number of carbonyl (C=O) groups excluding carboxylic acids is 1. The highest BCUT2D eigenvalue weighted by atomic mass is 35.5. The lowest BCUT2D eigenvalue weighted by molar-refractivity contribution is 0.0960. The van der Waals surface area contributed by atoms with Crippen LogP contribution in [0.1, 0.15) is 42.5 Å². The summed E-state index contributed by atoms with van der Waals surface area (Å²) in [5.74, 6) is 2.20. The predicted octanol–water partition coefficient (Wildman–Crippen LogP) is 3.51. The Morgan fingerprint density at radius 3 is 2.62 bits per heavy atom. The van der Waals surface area contributed by atoms with Crippen molar-refractivity contribution < 1.29 is 9.90 Å². The van der Waals surface area contributed by atoms with Crippen LogP contribution in [-0.4, -0.2) is 35.4 Å². The maximum Gasteiger partial charge on any atom is 0.164 e. The van der Waals surface area contributed by atoms with Gasteiger partial charge < -0.3 is 10.0 Å². The zero-order valence-electron chi connectivity index (χ0n) is 12.3. The molecule has 0 unspecified atom stereocenters. The van der Waals surface area contributed by atoms with Crippen molar-refractivity contribution in [2.75, 3.05) is 19.6 Å². The monoisotopic (exact) mass is 309 g/mol. The first-order valence-corrected chi connectivity index (χ1v) is 7.75. The van der Waals surface area contributed by atoms with Gasteiger partial charge in [0.15, 0.2) is 5.78 Å². The lowest BCUT2D eigenvalue weighted by atomic mass is 10.0. The summed E-state index contributed by atoms with van der Waals surface area (Å²) in [6.45, 7) is 3.21. The summed E-state index contributed by atoms with van der Waals surface area (Å²) in [5, 5.41) is 9.24. The van der Waals surface area contributed by atoms with Gasteiger partial charge in [0.25, 0.3) is 0 Å². The topological polar surface area (TPSA) is 40.5 Å². The molecular weight excluding hydrogens is 286 g/mol. The zero-order chi connectivity index (χ0) is 13.9. The van der Waals surface area contributed by atoms with Crippen molar-refractivity contribution in [1.82, 2.24) is 4.90 Å². The molecule has 1 aliphatic carbocycles. The minimum absolute atomic E-state index is 0. The zero-order valence-corrected chi connectivity index (χ0v) is 13.1. The molecule has 2 bridgehead atoms. The maximum atomic E-state index is 12.1. The summed E-state index contributed by atoms with van der Waals surface area (Å²) < 4.78 is 0. The Morgan fingerprint density at radius 1 is 1.14 bits per heavy atom. The standard InChI is InChI=1S/C17H23NO2.ClH/c19-16-5-3-15(4-6-16)17(20)8-10-18-9-7-13-1-2-14(11-13)12-18;/h3-6,13-14,19H,1-2,7-12H2;1H/t13-,14-;/m0./s1. The minimum atomic E-state index is 0. The lowest BCUT2D eigenvalue weighted by Crippen LogP contribution is -2.31. The number of phenols is 1. The molecule has 1 aromatic carbocycles. The van der Waals surface area contributed by atoms with Gasteiger partial charge in [0.1, 0.15) is 5.75 Å². The predicted molar refractivity (Wildman–Crippen MR) is 86.2 cm³/mol. The fourth-order valence-corrected chi connectivity index (χ4v) is 3.68. The Balaban J connectivity index is 0.00000161. The second-order valence-electron chi connectivity index (χ2n) is 6.35. The van der Waals surface area contributed by atoms with E-state index in [9.17, 15) is 9.90 Å². The third-order valence-electron chi connectivity index (χ3n) is 4.86. The summed E-state index contributed by atoms with van der Waals surface area (Å²) in [5.41, 5.74) is 0.708. The van der Waals surface area contributed by atoms with Crippen LogP contribution in [0.15, 0.2) is 24.3 Å². The largest absolute Gasteiger partial charge is 0.508 e. The van der Waals surface area contributed by atoms with Crippen LogP contribution in [0.4, 0.5) is 0 Å². The molecular formula is C17H24ClNO2. The highest BCUT2D eigenvalue weighted by molar-refractivity contribution is 5.96. The Morgan fingerprint density at radius 2 is 1.86 bits per heavy atom. The quantitative estimate of drug-likeness (QED) is 0.865. The average Bonchev–Trinajstić information content (AvgIpc) is 2.78. The normalized spacial score (nSPS) is 25.1. The van der Waals surface area contributed by atoms with E-state index in [2.05, 4.69) is 4.90 Å². The van der Waals surface area contributed by atoms with Crippen LogP contribution < -0.4 is 0 Å². The van der Waals surface area contributed by atoms with Gasteiger partial charge in [-0.05, 0) is 61.9 Å². The highest BCUT2D eigenvalue weighted by Crippen LogP contribution is 2.36. The summed E-state index contributed by atoms with van der Waals surface area (Å²) in [6, 6.07) is 6.58. The third kappa shape index (κ3) is 4.21. The molecule has 2 aliphatic rings. The Kier molecular flexibility index (Phi) is 5.65. The molecule has 0 amide bonds. The van der Waals surface area contributed by atoms with Gasteiger partial charge in [-0.1, -0.05) is 6.42 Å². The van der Waals surface area contributed by atoms with E-state index < -0.39 is 0 Å². The minimum Gasteiger partial charge on any atom is -0.508 e. The van der Waals surface area contributed by atoms with E-state index in [1.165, 1.54) is 32.2 Å². The number of phenolic OH excluding ortho intramolecular Hbond substituents is 1. The molecule has 1 aromatic rings. The number of hydrogen-bond acceptors (Lipinski definition) is 3. The smallest absolute Gasteiger partial charge is 0.164 e. The second kappa shape index (κ2) is 7.28. The number of fused-ring (bicyclic) bond motifs is 2. The molecule has 1 saturated heterocycles. The first kappa shape index (κ1) is 16.3. The molecule has 1 saturated carbocycles. The number of nitrogens with zero attached hydrogens (tertiary/aromatic N) is 1. The van der Waals surface area contributed by atoms with Gasteiger partial charge in [-0.15, -0.1) is 12.4 Å². The third-order valence-corrected chi connectivity index (χ3v) is 4.86. The van der Waals surface area contributed by atoms with E-state index in [1.54, 1.807) is 24.3 Å². The van der Waals surface area contributed by atoms with Crippen molar-refractivity contribution in [1.29, 1.82) is 0 Å². The molecule has 3 rings (SSSR count). The van der Waals surface area contributed by atoms with Crippen LogP contribution in [0.5, 0.6) is 5.75 Å². The summed E-state index contributed by atoms with van der Waals surface area (Å²) in [4.78, 5) is 14.6. The van der Waals surface area contributed by atoms with E-state index in [0.29, 0.717) is 12.0 Å². The molecule has 0 radical (unpaired) electrons. The number of benzene rings is 1. The van der Waals surface area contributed by atoms with Crippen LogP contribution in [0.25, 0.3) is 0 Å². The molecule has 3 nitrogen and oxygen atoms in total. The van der Waals surface area contributed by atoms with E-state index in [0.717, 1.165) is 24.9 Å². The molecule has 2 atom stereocenters. The van der Waals surface area contributed by atoms with Gasteiger partial charge in [0, 0.05) is 25.1 Å². The van der Waals surface area contributed by atoms with E-state index in [4.69, 9.17) is 0 Å². The molecule has 0 spiro atoms. The van der Waals surface area contributed by atoms with Gasteiger partial charge >= 0.3 is 0 Å². The van der Waals surface area contributed by atoms with Crippen molar-refractivity contribution in [3.8, 4) is 5.75 Å². The molecule has 1 aliphatic heterocycles. The Hall–Kier alpha value is -1.06. The first-order valence-electron chi connectivity index (χ1n) is 7.75. The van der Waals surface area contributed by atoms with E-state index in [1.807, 2.05) is 0 Å². The molecule has 4 heteroatoms. The molecule has 2 fully saturated rings. The number of hydrogen-bond donors (Lipinski definition) is 1. The van der Waals surface area contributed by atoms with Crippen molar-refractivity contribution >= 4 is 18.2 Å². The summed E-state index contributed by atoms with van der Waals surface area (Å²) in [6.07, 6.45) is 6.10. The molecule has 0 aromatic heterocycles. The molecule has 1 heterocycles. The lowest BCUT2D eigenvalue weighted by Gasteiger charge is -2.24. The summed E-state index contributed by atoms with van der Waals surface area (Å²) >= 11 is 0. The van der Waals surface area contributed by atoms with E-state index in [-0.39, 0.29) is 23.9 Å². The molecule has 1 N–H and O–H groups in total. The molecule has 21 heavy (non-hydrogen) atoms. The summed E-state index contributed by atoms with van der Waals surface area (Å²) in [7, 11) is 0. The first-order chi connectivity index (χ1) is 9.70. The Labute approximate surface area is 132 Å². The van der Waals surface area contributed by atoms with Crippen LogP contribution in [0.3, 0.4) is 0 Å². The molecule has 116 valence electrons. The number of Topliss-reactive ketones (excluding diaryl/α,β-unsaturated/α-hetero) is 1. The van der Waals surface area contributed by atoms with Crippen molar-refractivity contribution in [3.05, 3.63) is 29.8 Å². The van der Waals surface area contributed by atoms with Crippen LogP contribution >= 0.6 is 12.4 Å². The van der Waals surface area contributed by atoms with Crippen molar-refractivity contribution in [3.63, 3.8) is 0 Å². The second-order valence-corrected chi connectivity index (χ2v) is 6.35. The average molecular weight is 310 g/mol. The highest BCUT2D eigenvalue weighted by Gasteiger charge is 2.29. The number of aromatic hydroxyl groups is 1. The number of rotatable bonds is 4. The fourth-order valence-electron chi connectivity index (χ4n) is 3.68. The number of halogens is 1. The number of ketones is 1. The van der Waals surface area contributed by atoms with Crippen molar-refractivity contribution in [2.45, 2.75) is 32.1 Å². The van der Waals surface area contributed by atoms with Gasteiger partial charge in [-0.3, -0.25) is 4.79 Å². The number of likely N-dealkylation sites (tertiary alicyclic amines) is 1. The van der Waals surface area contributed by atoms with Gasteiger partial charge in [-0.2, -0.15) is 0 Å². The van der Waals surface area contributed by atoms with Crippen molar-refractivity contribution in [2.24, 2.45) is 11.8 Å². The van der Waals surface area contributed by atoms with Gasteiger partial charge in [-0.25, -0.2) is 0 Å². The van der Waals surface area contributed by atoms with Crippen LogP contribution in [0.2, 0.25) is 0 Å². The fraction of sp³-hybridized carbons (Fsp3) is 0.588.